The van der Waals surface area contributed by atoms with Gasteiger partial charge in [-0.25, -0.2) is 0 Å². The molecule has 0 aromatic rings. The molecule has 0 saturated carbocycles. The van der Waals surface area contributed by atoms with Crippen LogP contribution in [0.2, 0.25) is 0 Å². The first-order chi connectivity index (χ1) is 8.05. The summed E-state index contributed by atoms with van der Waals surface area (Å²) in [6.45, 7) is 19.7. The second kappa shape index (κ2) is 5.48. The third-order valence-corrected chi connectivity index (χ3v) is 3.68. The van der Waals surface area contributed by atoms with E-state index in [1.807, 2.05) is 0 Å². The Morgan fingerprint density at radius 3 is 2.06 bits per heavy atom. The van der Waals surface area contributed by atoms with Crippen molar-refractivity contribution in [3.05, 3.63) is 0 Å². The largest absolute Gasteiger partial charge is 0.367 e. The van der Waals surface area contributed by atoms with Crippen molar-refractivity contribution in [2.75, 3.05) is 26.2 Å². The molecule has 1 N–H and O–H groups in total. The van der Waals surface area contributed by atoms with Crippen molar-refractivity contribution >= 4 is 0 Å². The van der Waals surface area contributed by atoms with Crippen LogP contribution in [-0.2, 0) is 4.74 Å². The smallest absolute Gasteiger partial charge is 0.0760 e. The summed E-state index contributed by atoms with van der Waals surface area (Å²) >= 11 is 0. The third kappa shape index (κ3) is 5.25. The van der Waals surface area contributed by atoms with Crippen molar-refractivity contribution in [1.29, 1.82) is 0 Å². The lowest BCUT2D eigenvalue weighted by Gasteiger charge is -2.47. The zero-order valence-electron chi connectivity index (χ0n) is 13.4. The summed E-state index contributed by atoms with van der Waals surface area (Å²) in [4.78, 5) is 2.52. The van der Waals surface area contributed by atoms with Crippen molar-refractivity contribution in [3.63, 3.8) is 0 Å². The molecule has 3 heteroatoms. The summed E-state index contributed by atoms with van der Waals surface area (Å²) in [5.41, 5.74) is 0.168. The first kappa shape index (κ1) is 15.9. The van der Waals surface area contributed by atoms with E-state index in [2.05, 4.69) is 58.7 Å². The van der Waals surface area contributed by atoms with Crippen molar-refractivity contribution in [2.45, 2.75) is 71.6 Å². The zero-order valence-corrected chi connectivity index (χ0v) is 13.4. The van der Waals surface area contributed by atoms with E-state index in [9.17, 15) is 0 Å². The Kier molecular flexibility index (Phi) is 4.85. The van der Waals surface area contributed by atoms with Crippen LogP contribution in [-0.4, -0.2) is 47.8 Å². The minimum Gasteiger partial charge on any atom is -0.367 e. The van der Waals surface area contributed by atoms with Crippen LogP contribution in [0.4, 0.5) is 0 Å². The van der Waals surface area contributed by atoms with Gasteiger partial charge in [-0.05, 0) is 48.0 Å². The Morgan fingerprint density at radius 1 is 1.11 bits per heavy atom. The molecule has 0 aromatic carbocycles. The van der Waals surface area contributed by atoms with Crippen LogP contribution in [0, 0.1) is 0 Å². The van der Waals surface area contributed by atoms with Gasteiger partial charge < -0.3 is 10.1 Å². The Labute approximate surface area is 113 Å². The highest BCUT2D eigenvalue weighted by Crippen LogP contribution is 2.27. The van der Waals surface area contributed by atoms with E-state index in [0.717, 1.165) is 32.6 Å². The van der Waals surface area contributed by atoms with Crippen molar-refractivity contribution in [1.82, 2.24) is 10.2 Å². The molecule has 0 radical (unpaired) electrons. The number of nitrogens with one attached hydrogen (secondary N) is 1. The summed E-state index contributed by atoms with van der Waals surface area (Å²) < 4.78 is 6.10. The summed E-state index contributed by atoms with van der Waals surface area (Å²) in [7, 11) is 0. The van der Waals surface area contributed by atoms with Gasteiger partial charge in [-0.3, -0.25) is 4.90 Å². The lowest BCUT2D eigenvalue weighted by molar-refractivity contribution is -0.180. The van der Waals surface area contributed by atoms with Gasteiger partial charge in [0.25, 0.3) is 0 Å². The van der Waals surface area contributed by atoms with E-state index in [4.69, 9.17) is 4.74 Å². The monoisotopic (exact) mass is 256 g/mol. The van der Waals surface area contributed by atoms with E-state index >= 15 is 0 Å². The van der Waals surface area contributed by atoms with Gasteiger partial charge in [0.1, 0.15) is 0 Å². The highest BCUT2D eigenvalue weighted by Gasteiger charge is 2.37. The van der Waals surface area contributed by atoms with E-state index in [0.29, 0.717) is 0 Å². The first-order valence-corrected chi connectivity index (χ1v) is 7.23. The van der Waals surface area contributed by atoms with E-state index in [1.54, 1.807) is 0 Å². The zero-order chi connectivity index (χ0) is 14.0. The average Bonchev–Trinajstić information content (AvgIpc) is 2.12. The Hall–Kier alpha value is -0.120. The number of hydrogen-bond donors (Lipinski definition) is 1. The molecule has 1 aliphatic rings. The molecule has 3 nitrogen and oxygen atoms in total. The summed E-state index contributed by atoms with van der Waals surface area (Å²) in [5, 5.41) is 3.63. The van der Waals surface area contributed by atoms with Gasteiger partial charge in [-0.15, -0.1) is 0 Å². The van der Waals surface area contributed by atoms with Gasteiger partial charge in [-0.1, -0.05) is 6.92 Å². The van der Waals surface area contributed by atoms with Gasteiger partial charge in [0.05, 0.1) is 11.2 Å². The second-order valence-corrected chi connectivity index (χ2v) is 7.50. The topological polar surface area (TPSA) is 24.5 Å². The van der Waals surface area contributed by atoms with Crippen molar-refractivity contribution < 1.29 is 4.74 Å². The molecule has 1 aliphatic heterocycles. The number of rotatable bonds is 5. The quantitative estimate of drug-likeness (QED) is 0.818. The van der Waals surface area contributed by atoms with Crippen LogP contribution in [0.5, 0.6) is 0 Å². The molecule has 0 unspecified atom stereocenters. The summed E-state index contributed by atoms with van der Waals surface area (Å²) in [6.07, 6.45) is 1.16. The molecule has 1 saturated heterocycles. The molecule has 18 heavy (non-hydrogen) atoms. The van der Waals surface area contributed by atoms with E-state index in [1.165, 1.54) is 0 Å². The Bertz CT molecular complexity index is 256. The second-order valence-electron chi connectivity index (χ2n) is 7.50. The molecule has 0 amide bonds. The van der Waals surface area contributed by atoms with Crippen molar-refractivity contribution in [2.24, 2.45) is 0 Å². The number of ether oxygens (including phenoxy) is 1. The lowest BCUT2D eigenvalue weighted by atomic mass is 9.99. The first-order valence-electron chi connectivity index (χ1n) is 7.23. The van der Waals surface area contributed by atoms with Crippen LogP contribution in [0.15, 0.2) is 0 Å². The van der Waals surface area contributed by atoms with E-state index in [-0.39, 0.29) is 16.7 Å². The van der Waals surface area contributed by atoms with Gasteiger partial charge in [-0.2, -0.15) is 0 Å². The fraction of sp³-hybridized carbons (Fsp3) is 1.00. The third-order valence-electron chi connectivity index (χ3n) is 3.68. The highest BCUT2D eigenvalue weighted by molar-refractivity contribution is 4.89. The lowest BCUT2D eigenvalue weighted by Crippen LogP contribution is -2.58. The molecular weight excluding hydrogens is 224 g/mol. The molecule has 1 fully saturated rings. The highest BCUT2D eigenvalue weighted by atomic mass is 16.5. The maximum Gasteiger partial charge on any atom is 0.0760 e. The van der Waals surface area contributed by atoms with Crippen molar-refractivity contribution in [3.8, 4) is 0 Å². The standard InChI is InChI=1S/C15H32N2O/c1-8-13(2,3)16-9-10-17-11-14(4,5)18-15(6,7)12-17/h16H,8-12H2,1-7H3. The van der Waals surface area contributed by atoms with Crippen LogP contribution in [0.1, 0.15) is 54.9 Å². The minimum atomic E-state index is -0.0397. The SMILES string of the molecule is CCC(C)(C)NCCN1CC(C)(C)OC(C)(C)C1. The fourth-order valence-corrected chi connectivity index (χ4v) is 2.78. The maximum atomic E-state index is 6.10. The molecule has 108 valence electrons. The molecule has 0 aliphatic carbocycles. The minimum absolute atomic E-state index is 0.0397. The molecule has 0 aromatic heterocycles. The van der Waals surface area contributed by atoms with Gasteiger partial charge in [0.15, 0.2) is 0 Å². The maximum absolute atomic E-state index is 6.10. The molecular formula is C15H32N2O. The number of hydrogen-bond acceptors (Lipinski definition) is 3. The van der Waals surface area contributed by atoms with Gasteiger partial charge in [0, 0.05) is 31.7 Å². The average molecular weight is 256 g/mol. The van der Waals surface area contributed by atoms with Gasteiger partial charge in [0.2, 0.25) is 0 Å². The predicted octanol–water partition coefficient (Wildman–Crippen LogP) is 2.65. The van der Waals surface area contributed by atoms with Crippen LogP contribution in [0.3, 0.4) is 0 Å². The van der Waals surface area contributed by atoms with Crippen LogP contribution >= 0.6 is 0 Å². The van der Waals surface area contributed by atoms with Crippen LogP contribution in [0.25, 0.3) is 0 Å². The predicted molar refractivity (Wildman–Crippen MR) is 78.1 cm³/mol. The molecule has 0 bridgehead atoms. The normalized spacial score (nSPS) is 24.2. The summed E-state index contributed by atoms with van der Waals surface area (Å²) in [5.74, 6) is 0. The molecule has 1 heterocycles. The molecule has 0 atom stereocenters. The Balaban J connectivity index is 2.43. The fourth-order valence-electron chi connectivity index (χ4n) is 2.78. The van der Waals surface area contributed by atoms with Gasteiger partial charge >= 0.3 is 0 Å². The van der Waals surface area contributed by atoms with E-state index < -0.39 is 0 Å². The molecule has 0 spiro atoms. The molecule has 1 rings (SSSR count). The number of morpholine rings is 1. The van der Waals surface area contributed by atoms with Crippen LogP contribution < -0.4 is 5.32 Å². The number of nitrogens with zero attached hydrogens (tertiary/aromatic N) is 1. The summed E-state index contributed by atoms with van der Waals surface area (Å²) in [6, 6.07) is 0. The Morgan fingerprint density at radius 2 is 1.61 bits per heavy atom.